The molecule has 0 spiro atoms. The van der Waals surface area contributed by atoms with Gasteiger partial charge in [0.25, 0.3) is 0 Å². The predicted molar refractivity (Wildman–Crippen MR) is 57.7 cm³/mol. The van der Waals surface area contributed by atoms with Crippen LogP contribution in [0.5, 0.6) is 0 Å². The Kier molecular flexibility index (Phi) is 8.64. The maximum absolute atomic E-state index is 11.2. The van der Waals surface area contributed by atoms with Crippen molar-refractivity contribution >= 4 is 5.78 Å². The van der Waals surface area contributed by atoms with Gasteiger partial charge in [0.2, 0.25) is 0 Å². The molecule has 74 valence electrons. The van der Waals surface area contributed by atoms with Crippen molar-refractivity contribution in [3.05, 3.63) is 24.3 Å². The summed E-state index contributed by atoms with van der Waals surface area (Å²) >= 11 is 0. The first kappa shape index (κ1) is 12.2. The molecule has 0 aromatic rings. The molecule has 0 bridgehead atoms. The molecule has 0 aromatic heterocycles. The Bertz CT molecular complexity index is 178. The number of rotatable bonds is 7. The van der Waals surface area contributed by atoms with Gasteiger partial charge in [0.15, 0.2) is 5.78 Å². The molecule has 0 aliphatic heterocycles. The van der Waals surface area contributed by atoms with E-state index in [2.05, 4.69) is 6.92 Å². The molecule has 0 saturated carbocycles. The van der Waals surface area contributed by atoms with Crippen LogP contribution in [-0.2, 0) is 4.79 Å². The van der Waals surface area contributed by atoms with Crippen molar-refractivity contribution in [3.8, 4) is 0 Å². The zero-order valence-electron chi connectivity index (χ0n) is 8.75. The highest BCUT2D eigenvalue weighted by Gasteiger charge is 1.94. The molecule has 0 atom stereocenters. The number of ketones is 1. The first-order chi connectivity index (χ1) is 6.31. The van der Waals surface area contributed by atoms with E-state index in [4.69, 9.17) is 0 Å². The molecule has 0 radical (unpaired) electrons. The summed E-state index contributed by atoms with van der Waals surface area (Å²) in [5.74, 6) is 0.245. The standard InChI is InChI=1S/C12H20O/c1-3-5-7-9-11-12(13)10-8-6-4-2/h4,6,8,10H,3,5,7,9,11H2,1-2H3. The number of carbonyl (C=O) groups excluding carboxylic acids is 1. The molecule has 0 N–H and O–H groups in total. The van der Waals surface area contributed by atoms with E-state index in [1.165, 1.54) is 19.3 Å². The second-order valence-corrected chi connectivity index (χ2v) is 3.16. The van der Waals surface area contributed by atoms with Gasteiger partial charge in [0, 0.05) is 6.42 Å². The summed E-state index contributed by atoms with van der Waals surface area (Å²) < 4.78 is 0. The highest BCUT2D eigenvalue weighted by molar-refractivity contribution is 5.89. The van der Waals surface area contributed by atoms with Crippen molar-refractivity contribution in [1.82, 2.24) is 0 Å². The number of carbonyl (C=O) groups is 1. The van der Waals surface area contributed by atoms with Gasteiger partial charge in [0.05, 0.1) is 0 Å². The molecule has 0 unspecified atom stereocenters. The lowest BCUT2D eigenvalue weighted by Crippen LogP contribution is -1.91. The second-order valence-electron chi connectivity index (χ2n) is 3.16. The summed E-state index contributed by atoms with van der Waals surface area (Å²) in [6, 6.07) is 0. The van der Waals surface area contributed by atoms with Gasteiger partial charge in [-0.1, -0.05) is 44.4 Å². The molecular formula is C12H20O. The molecule has 0 aliphatic rings. The first-order valence-corrected chi connectivity index (χ1v) is 5.13. The minimum absolute atomic E-state index is 0.245. The van der Waals surface area contributed by atoms with Crippen LogP contribution in [0, 0.1) is 0 Å². The van der Waals surface area contributed by atoms with Crippen LogP contribution in [0.2, 0.25) is 0 Å². The van der Waals surface area contributed by atoms with E-state index in [1.54, 1.807) is 6.08 Å². The molecule has 0 rings (SSSR count). The molecule has 0 fully saturated rings. The Hall–Kier alpha value is -0.850. The topological polar surface area (TPSA) is 17.1 Å². The molecule has 0 aromatic carbocycles. The van der Waals surface area contributed by atoms with Gasteiger partial charge < -0.3 is 0 Å². The minimum Gasteiger partial charge on any atom is -0.295 e. The van der Waals surface area contributed by atoms with Gasteiger partial charge in [-0.05, 0) is 19.4 Å². The Morgan fingerprint density at radius 2 is 1.92 bits per heavy atom. The van der Waals surface area contributed by atoms with Crippen molar-refractivity contribution in [2.45, 2.75) is 46.0 Å². The maximum Gasteiger partial charge on any atom is 0.155 e. The number of allylic oxidation sites excluding steroid dienone is 4. The third-order valence-electron chi connectivity index (χ3n) is 1.86. The zero-order chi connectivity index (χ0) is 9.94. The van der Waals surface area contributed by atoms with Gasteiger partial charge in [-0.15, -0.1) is 0 Å². The monoisotopic (exact) mass is 180 g/mol. The highest BCUT2D eigenvalue weighted by atomic mass is 16.1. The van der Waals surface area contributed by atoms with Gasteiger partial charge in [-0.3, -0.25) is 4.79 Å². The second kappa shape index (κ2) is 9.24. The van der Waals surface area contributed by atoms with Gasteiger partial charge in [0.1, 0.15) is 0 Å². The SMILES string of the molecule is CC=CC=CC(=O)CCCCCC. The van der Waals surface area contributed by atoms with Crippen molar-refractivity contribution in [3.63, 3.8) is 0 Å². The van der Waals surface area contributed by atoms with Crippen LogP contribution in [0.25, 0.3) is 0 Å². The lowest BCUT2D eigenvalue weighted by atomic mass is 10.1. The van der Waals surface area contributed by atoms with Crippen LogP contribution >= 0.6 is 0 Å². The van der Waals surface area contributed by atoms with Crippen molar-refractivity contribution in [2.75, 3.05) is 0 Å². The quantitative estimate of drug-likeness (QED) is 0.332. The van der Waals surface area contributed by atoms with E-state index in [1.807, 2.05) is 25.2 Å². The fourth-order valence-corrected chi connectivity index (χ4v) is 1.08. The summed E-state index contributed by atoms with van der Waals surface area (Å²) in [7, 11) is 0. The van der Waals surface area contributed by atoms with Crippen molar-refractivity contribution in [1.29, 1.82) is 0 Å². The summed E-state index contributed by atoms with van der Waals surface area (Å²) in [5.41, 5.74) is 0. The lowest BCUT2D eigenvalue weighted by molar-refractivity contribution is -0.114. The number of unbranched alkanes of at least 4 members (excludes halogenated alkanes) is 3. The number of hydrogen-bond acceptors (Lipinski definition) is 1. The molecule has 1 nitrogen and oxygen atoms in total. The smallest absolute Gasteiger partial charge is 0.155 e. The van der Waals surface area contributed by atoms with Crippen LogP contribution in [0.4, 0.5) is 0 Å². The summed E-state index contributed by atoms with van der Waals surface area (Å²) in [5, 5.41) is 0. The Morgan fingerprint density at radius 1 is 1.15 bits per heavy atom. The van der Waals surface area contributed by atoms with E-state index in [0.29, 0.717) is 6.42 Å². The Morgan fingerprint density at radius 3 is 2.54 bits per heavy atom. The van der Waals surface area contributed by atoms with E-state index >= 15 is 0 Å². The highest BCUT2D eigenvalue weighted by Crippen LogP contribution is 2.03. The van der Waals surface area contributed by atoms with Crippen LogP contribution in [0.3, 0.4) is 0 Å². The summed E-state index contributed by atoms with van der Waals surface area (Å²) in [6.07, 6.45) is 12.6. The van der Waals surface area contributed by atoms with E-state index in [0.717, 1.165) is 6.42 Å². The van der Waals surface area contributed by atoms with E-state index < -0.39 is 0 Å². The van der Waals surface area contributed by atoms with Gasteiger partial charge >= 0.3 is 0 Å². The lowest BCUT2D eigenvalue weighted by Gasteiger charge is -1.94. The van der Waals surface area contributed by atoms with E-state index in [-0.39, 0.29) is 5.78 Å². The van der Waals surface area contributed by atoms with Crippen LogP contribution in [0.15, 0.2) is 24.3 Å². The molecule has 13 heavy (non-hydrogen) atoms. The molecule has 0 amide bonds. The third-order valence-corrected chi connectivity index (χ3v) is 1.86. The first-order valence-electron chi connectivity index (χ1n) is 5.13. The fraction of sp³-hybridized carbons (Fsp3) is 0.583. The maximum atomic E-state index is 11.2. The van der Waals surface area contributed by atoms with Gasteiger partial charge in [-0.2, -0.15) is 0 Å². The fourth-order valence-electron chi connectivity index (χ4n) is 1.08. The third kappa shape index (κ3) is 9.06. The van der Waals surface area contributed by atoms with E-state index in [9.17, 15) is 4.79 Å². The largest absolute Gasteiger partial charge is 0.295 e. The number of hydrogen-bond donors (Lipinski definition) is 0. The van der Waals surface area contributed by atoms with Crippen molar-refractivity contribution in [2.24, 2.45) is 0 Å². The van der Waals surface area contributed by atoms with Gasteiger partial charge in [-0.25, -0.2) is 0 Å². The normalized spacial score (nSPS) is 11.5. The zero-order valence-corrected chi connectivity index (χ0v) is 8.75. The molecule has 0 heterocycles. The Balaban J connectivity index is 3.40. The average Bonchev–Trinajstić information content (AvgIpc) is 2.13. The molecule has 0 saturated heterocycles. The predicted octanol–water partition coefficient (Wildman–Crippen LogP) is 3.66. The molecule has 1 heteroatoms. The van der Waals surface area contributed by atoms with Crippen LogP contribution in [0.1, 0.15) is 46.0 Å². The minimum atomic E-state index is 0.245. The Labute approximate surface area is 81.5 Å². The summed E-state index contributed by atoms with van der Waals surface area (Å²) in [4.78, 5) is 11.2. The van der Waals surface area contributed by atoms with Crippen molar-refractivity contribution < 1.29 is 4.79 Å². The molecular weight excluding hydrogens is 160 g/mol. The molecule has 0 aliphatic carbocycles. The van der Waals surface area contributed by atoms with Crippen LogP contribution in [-0.4, -0.2) is 5.78 Å². The average molecular weight is 180 g/mol. The van der Waals surface area contributed by atoms with Crippen LogP contribution < -0.4 is 0 Å². The summed E-state index contributed by atoms with van der Waals surface area (Å²) in [6.45, 7) is 4.11.